The van der Waals surface area contributed by atoms with Crippen LogP contribution in [-0.4, -0.2) is 63.8 Å². The first-order valence-electron chi connectivity index (χ1n) is 12.3. The molecule has 1 saturated heterocycles. The van der Waals surface area contributed by atoms with Crippen LogP contribution < -0.4 is 15.0 Å². The summed E-state index contributed by atoms with van der Waals surface area (Å²) in [5.74, 6) is 2.14. The molecule has 0 spiro atoms. The van der Waals surface area contributed by atoms with Crippen LogP contribution in [0, 0.1) is 0 Å². The molecule has 1 aliphatic rings. The summed E-state index contributed by atoms with van der Waals surface area (Å²) < 4.78 is 7.63. The summed E-state index contributed by atoms with van der Waals surface area (Å²) in [4.78, 5) is 21.9. The second kappa shape index (κ2) is 9.77. The Morgan fingerprint density at radius 1 is 0.892 bits per heavy atom. The number of benzene rings is 3. The van der Waals surface area contributed by atoms with Crippen molar-refractivity contribution in [3.63, 3.8) is 0 Å². The molecular weight excluding hydrogens is 466 g/mol. The molecule has 0 atom stereocenters. The van der Waals surface area contributed by atoms with Crippen molar-refractivity contribution in [2.24, 2.45) is 0 Å². The summed E-state index contributed by atoms with van der Waals surface area (Å²) in [5.41, 5.74) is 3.51. The van der Waals surface area contributed by atoms with Crippen LogP contribution in [0.2, 0.25) is 0 Å². The molecule has 2 aromatic heterocycles. The third-order valence-corrected chi connectivity index (χ3v) is 6.71. The molecule has 1 aliphatic heterocycles. The van der Waals surface area contributed by atoms with Gasteiger partial charge in [0.15, 0.2) is 11.5 Å². The van der Waals surface area contributed by atoms with Crippen molar-refractivity contribution < 1.29 is 9.53 Å². The molecule has 9 heteroatoms. The number of methoxy groups -OCH3 is 1. The topological polar surface area (TPSA) is 87.9 Å². The van der Waals surface area contributed by atoms with E-state index in [9.17, 15) is 4.79 Å². The highest BCUT2D eigenvalue weighted by atomic mass is 16.5. The Bertz CT molecular complexity index is 1560. The van der Waals surface area contributed by atoms with Gasteiger partial charge in [-0.1, -0.05) is 54.6 Å². The predicted octanol–water partition coefficient (Wildman–Crippen LogP) is 3.98. The lowest BCUT2D eigenvalue weighted by atomic mass is 10.2. The summed E-state index contributed by atoms with van der Waals surface area (Å²) in [7, 11) is 1.65. The van der Waals surface area contributed by atoms with E-state index < -0.39 is 0 Å². The molecule has 5 aromatic rings. The Kier molecular flexibility index (Phi) is 6.02. The number of ether oxygens (including phenoxy) is 1. The van der Waals surface area contributed by atoms with Gasteiger partial charge in [-0.2, -0.15) is 0 Å². The number of nitrogens with zero attached hydrogens (tertiary/aromatic N) is 6. The van der Waals surface area contributed by atoms with Gasteiger partial charge in [0, 0.05) is 38.1 Å². The van der Waals surface area contributed by atoms with Crippen LogP contribution in [-0.2, 0) is 6.54 Å². The molecule has 186 valence electrons. The molecule has 9 nitrogen and oxygen atoms in total. The van der Waals surface area contributed by atoms with Gasteiger partial charge in [0.1, 0.15) is 5.75 Å². The Morgan fingerprint density at radius 3 is 2.43 bits per heavy atom. The van der Waals surface area contributed by atoms with E-state index in [2.05, 4.69) is 20.4 Å². The molecular formula is C28H27N7O2. The van der Waals surface area contributed by atoms with Crippen molar-refractivity contribution in [2.45, 2.75) is 6.54 Å². The second-order valence-electron chi connectivity index (χ2n) is 8.93. The highest BCUT2D eigenvalue weighted by molar-refractivity contribution is 5.93. The van der Waals surface area contributed by atoms with Crippen molar-refractivity contribution in [3.8, 4) is 17.1 Å². The van der Waals surface area contributed by atoms with Gasteiger partial charge in [-0.15, -0.1) is 10.2 Å². The molecule has 0 radical (unpaired) electrons. The van der Waals surface area contributed by atoms with Crippen LogP contribution in [0.3, 0.4) is 0 Å². The van der Waals surface area contributed by atoms with E-state index in [0.29, 0.717) is 38.5 Å². The monoisotopic (exact) mass is 493 g/mol. The van der Waals surface area contributed by atoms with Gasteiger partial charge in [-0.25, -0.2) is 14.2 Å². The van der Waals surface area contributed by atoms with E-state index in [1.165, 1.54) is 0 Å². The average Bonchev–Trinajstić information content (AvgIpc) is 3.41. The third kappa shape index (κ3) is 4.29. The number of hydrogen-bond acceptors (Lipinski definition) is 6. The van der Waals surface area contributed by atoms with Gasteiger partial charge in [-0.3, -0.25) is 0 Å². The minimum Gasteiger partial charge on any atom is -0.496 e. The average molecular weight is 494 g/mol. The van der Waals surface area contributed by atoms with Gasteiger partial charge in [0.25, 0.3) is 0 Å². The lowest BCUT2D eigenvalue weighted by molar-refractivity contribution is 0.193. The number of para-hydroxylation sites is 2. The zero-order chi connectivity index (χ0) is 25.2. The Labute approximate surface area is 214 Å². The standard InChI is InChI=1S/C28H27N7O2/c1-37-24-14-8-6-12-22(24)26-32-31-25-21-11-5-7-13-23(21)30-27(35(25)26)33-15-17-34(18-16-33)28(36)29-19-20-9-3-2-4-10-20/h2-14H,15-19H2,1H3,(H,29,36). The van der Waals surface area contributed by atoms with Gasteiger partial charge in [0.05, 0.1) is 18.2 Å². The number of aromatic nitrogens is 4. The lowest BCUT2D eigenvalue weighted by Gasteiger charge is -2.35. The third-order valence-electron chi connectivity index (χ3n) is 6.71. The van der Waals surface area contributed by atoms with E-state index in [0.717, 1.165) is 39.4 Å². The van der Waals surface area contributed by atoms with E-state index in [1.807, 2.05) is 88.2 Å². The number of fused-ring (bicyclic) bond motifs is 3. The number of nitrogens with one attached hydrogen (secondary N) is 1. The van der Waals surface area contributed by atoms with Gasteiger partial charge < -0.3 is 19.9 Å². The highest BCUT2D eigenvalue weighted by Crippen LogP contribution is 2.33. The maximum Gasteiger partial charge on any atom is 0.317 e. The van der Waals surface area contributed by atoms with E-state index >= 15 is 0 Å². The Morgan fingerprint density at radius 2 is 1.62 bits per heavy atom. The quantitative estimate of drug-likeness (QED) is 0.399. The normalized spacial score (nSPS) is 13.8. The molecule has 1 fully saturated rings. The molecule has 6 rings (SSSR count). The molecule has 3 heterocycles. The van der Waals surface area contributed by atoms with Crippen LogP contribution in [0.15, 0.2) is 78.9 Å². The highest BCUT2D eigenvalue weighted by Gasteiger charge is 2.26. The number of rotatable bonds is 5. The summed E-state index contributed by atoms with van der Waals surface area (Å²) in [6.45, 7) is 2.96. The molecule has 0 bridgehead atoms. The van der Waals surface area contributed by atoms with E-state index in [-0.39, 0.29) is 6.03 Å². The zero-order valence-electron chi connectivity index (χ0n) is 20.5. The maximum atomic E-state index is 12.8. The molecule has 37 heavy (non-hydrogen) atoms. The predicted molar refractivity (Wildman–Crippen MR) is 143 cm³/mol. The summed E-state index contributed by atoms with van der Waals surface area (Å²) in [6, 6.07) is 25.6. The van der Waals surface area contributed by atoms with E-state index in [1.54, 1.807) is 7.11 Å². The molecule has 3 aromatic carbocycles. The molecule has 1 N–H and O–H groups in total. The number of carbonyl (C=O) groups excluding carboxylic acids is 1. The van der Waals surface area contributed by atoms with Crippen LogP contribution in [0.1, 0.15) is 5.56 Å². The fraction of sp³-hybridized carbons (Fsp3) is 0.214. The molecule has 0 unspecified atom stereocenters. The van der Waals surface area contributed by atoms with Gasteiger partial charge >= 0.3 is 6.03 Å². The first-order chi connectivity index (χ1) is 18.2. The molecule has 0 saturated carbocycles. The van der Waals surface area contributed by atoms with Crippen LogP contribution >= 0.6 is 0 Å². The van der Waals surface area contributed by atoms with Crippen molar-refractivity contribution in [1.82, 2.24) is 29.8 Å². The minimum absolute atomic E-state index is 0.0564. The van der Waals surface area contributed by atoms with Gasteiger partial charge in [-0.05, 0) is 29.8 Å². The summed E-state index contributed by atoms with van der Waals surface area (Å²) in [5, 5.41) is 13.1. The molecule has 0 aliphatic carbocycles. The SMILES string of the molecule is COc1ccccc1-c1nnc2c3ccccc3nc(N3CCN(C(=O)NCc4ccccc4)CC3)n12. The number of carbonyl (C=O) groups is 1. The summed E-state index contributed by atoms with van der Waals surface area (Å²) in [6.07, 6.45) is 0. The van der Waals surface area contributed by atoms with Crippen molar-refractivity contribution in [2.75, 3.05) is 38.2 Å². The number of hydrogen-bond donors (Lipinski definition) is 1. The first kappa shape index (κ1) is 22.8. The number of anilines is 1. The fourth-order valence-corrected chi connectivity index (χ4v) is 4.78. The smallest absolute Gasteiger partial charge is 0.317 e. The van der Waals surface area contributed by atoms with Gasteiger partial charge in [0.2, 0.25) is 5.95 Å². The van der Waals surface area contributed by atoms with Crippen molar-refractivity contribution in [1.29, 1.82) is 0 Å². The zero-order valence-corrected chi connectivity index (χ0v) is 20.5. The number of amides is 2. The second-order valence-corrected chi connectivity index (χ2v) is 8.93. The molecule has 2 amide bonds. The lowest BCUT2D eigenvalue weighted by Crippen LogP contribution is -2.52. The minimum atomic E-state index is -0.0564. The number of urea groups is 1. The fourth-order valence-electron chi connectivity index (χ4n) is 4.78. The summed E-state index contributed by atoms with van der Waals surface area (Å²) >= 11 is 0. The largest absolute Gasteiger partial charge is 0.496 e. The van der Waals surface area contributed by atoms with Crippen molar-refractivity contribution >= 4 is 28.5 Å². The van der Waals surface area contributed by atoms with Crippen molar-refractivity contribution in [3.05, 3.63) is 84.4 Å². The Hall–Kier alpha value is -4.66. The maximum absolute atomic E-state index is 12.8. The van der Waals surface area contributed by atoms with E-state index in [4.69, 9.17) is 9.72 Å². The van der Waals surface area contributed by atoms with Crippen LogP contribution in [0.25, 0.3) is 27.9 Å². The Balaban J connectivity index is 1.31. The van der Waals surface area contributed by atoms with Crippen LogP contribution in [0.5, 0.6) is 5.75 Å². The number of piperazine rings is 1. The van der Waals surface area contributed by atoms with Crippen LogP contribution in [0.4, 0.5) is 10.7 Å². The first-order valence-corrected chi connectivity index (χ1v) is 12.3.